The molecule has 0 amide bonds. The molecular weight excluding hydrogens is 703 g/mol. The Kier molecular flexibility index (Phi) is 13.3. The molecule has 0 aromatic heterocycles. The van der Waals surface area contributed by atoms with E-state index in [1.165, 1.54) is 52.6 Å². The number of benzene rings is 2. The van der Waals surface area contributed by atoms with Gasteiger partial charge in [-0.2, -0.15) is 0 Å². The Bertz CT molecular complexity index is 1510. The molecule has 48 heavy (non-hydrogen) atoms. The Balaban J connectivity index is 0.00000400. The maximum absolute atomic E-state index is 2.72. The average Bonchev–Trinajstić information content (AvgIpc) is 3.43. The van der Waals surface area contributed by atoms with Crippen LogP contribution in [0.2, 0.25) is 0 Å². The van der Waals surface area contributed by atoms with Crippen LogP contribution >= 0.6 is 0 Å². The molecule has 2 aromatic carbocycles. The van der Waals surface area contributed by atoms with Crippen LogP contribution in [-0.2, 0) is 42.9 Å². The fourth-order valence-electron chi connectivity index (χ4n) is 7.92. The van der Waals surface area contributed by atoms with Gasteiger partial charge in [0.25, 0.3) is 0 Å². The van der Waals surface area contributed by atoms with Crippen LogP contribution in [0.1, 0.15) is 181 Å². The summed E-state index contributed by atoms with van der Waals surface area (Å²) in [5.74, 6) is 0.595. The SMILES string of the molecule is CCCCC1C=C(C(C)(C)C)C=[C]1[Zr+2](=[C](C)C)[CH]1c2cc(C(C)(C)C)c(C(C)(C)C)cc2-c2cc(C(C)(C)C)c(C(C)(C)C)cc21.[Cl-].[Cl-]. The normalized spacial score (nSPS) is 16.6. The van der Waals surface area contributed by atoms with Crippen LogP contribution in [0, 0.1) is 11.3 Å². The molecule has 2 aliphatic carbocycles. The number of fused-ring (bicyclic) bond motifs is 3. The van der Waals surface area contributed by atoms with Crippen molar-refractivity contribution >= 4 is 3.21 Å². The van der Waals surface area contributed by atoms with Gasteiger partial charge in [-0.1, -0.05) is 0 Å². The molecule has 0 N–H and O–H groups in total. The van der Waals surface area contributed by atoms with Gasteiger partial charge in [0.2, 0.25) is 0 Å². The quantitative estimate of drug-likeness (QED) is 0.297. The van der Waals surface area contributed by atoms with E-state index in [4.69, 9.17) is 0 Å². The molecule has 266 valence electrons. The molecule has 0 aliphatic heterocycles. The largest absolute Gasteiger partial charge is 1.00 e. The second kappa shape index (κ2) is 14.7. The van der Waals surface area contributed by atoms with Crippen LogP contribution in [0.4, 0.5) is 0 Å². The van der Waals surface area contributed by atoms with Gasteiger partial charge >= 0.3 is 295 Å². The molecule has 0 nitrogen and oxygen atoms in total. The van der Waals surface area contributed by atoms with Crippen molar-refractivity contribution < 1.29 is 46.1 Å². The molecule has 0 saturated carbocycles. The van der Waals surface area contributed by atoms with Crippen molar-refractivity contribution in [2.45, 2.75) is 169 Å². The molecule has 0 saturated heterocycles. The standard InChI is InChI=1S/C29H41.C13H21.C3H6.2ClH.Zr/c1-26(2,3)22-14-18-13-19-15-23(27(4,5)6)25(29(10,11)12)17-21(19)20(18)16-24(22)28(7,8)9;1-5-6-7-11-8-9-12(10-11)13(2,3)4;1-3-2;;;/h13-17H,1-12H3;9-11H,5-7H2,1-4H3;1-2H3;2*1H;/q;;;;;+2/p-2. The van der Waals surface area contributed by atoms with Crippen LogP contribution < -0.4 is 24.8 Å². The van der Waals surface area contributed by atoms with Gasteiger partial charge in [-0.15, -0.1) is 0 Å². The molecular formula is C45H68Cl2Zr. The summed E-state index contributed by atoms with van der Waals surface area (Å²) in [5, 5.41) is 0. The summed E-state index contributed by atoms with van der Waals surface area (Å²) >= 11 is -2.47. The average molecular weight is 771 g/mol. The summed E-state index contributed by atoms with van der Waals surface area (Å²) in [7, 11) is 0. The van der Waals surface area contributed by atoms with Gasteiger partial charge in [0.05, 0.1) is 0 Å². The van der Waals surface area contributed by atoms with Crippen molar-refractivity contribution in [1.82, 2.24) is 0 Å². The van der Waals surface area contributed by atoms with E-state index in [-0.39, 0.29) is 51.9 Å². The number of unbranched alkanes of at least 4 members (excludes halogenated alkanes) is 1. The third kappa shape index (κ3) is 8.64. The summed E-state index contributed by atoms with van der Waals surface area (Å²) in [5.41, 5.74) is 14.5. The zero-order valence-electron chi connectivity index (χ0n) is 34.0. The van der Waals surface area contributed by atoms with Gasteiger partial charge in [0.1, 0.15) is 0 Å². The number of hydrogen-bond donors (Lipinski definition) is 0. The predicted octanol–water partition coefficient (Wildman–Crippen LogP) is 7.46. The van der Waals surface area contributed by atoms with Crippen molar-refractivity contribution in [3.8, 4) is 11.1 Å². The number of allylic oxidation sites excluding steroid dienone is 4. The van der Waals surface area contributed by atoms with E-state index in [2.05, 4.69) is 161 Å². The van der Waals surface area contributed by atoms with E-state index in [0.29, 0.717) is 9.54 Å². The van der Waals surface area contributed by atoms with Crippen LogP contribution in [0.3, 0.4) is 0 Å². The molecule has 2 aliphatic rings. The zero-order valence-corrected chi connectivity index (χ0v) is 38.0. The Morgan fingerprint density at radius 1 is 0.583 bits per heavy atom. The van der Waals surface area contributed by atoms with E-state index >= 15 is 0 Å². The molecule has 4 rings (SSSR count). The Hall–Kier alpha value is -0.747. The van der Waals surface area contributed by atoms with Gasteiger partial charge < -0.3 is 24.8 Å². The van der Waals surface area contributed by atoms with Crippen LogP contribution in [0.5, 0.6) is 0 Å². The van der Waals surface area contributed by atoms with Crippen LogP contribution in [0.15, 0.2) is 45.3 Å². The van der Waals surface area contributed by atoms with E-state index in [1.807, 2.05) is 3.28 Å². The Morgan fingerprint density at radius 3 is 1.27 bits per heavy atom. The first-order chi connectivity index (χ1) is 20.8. The number of halogens is 2. The number of hydrogen-bond acceptors (Lipinski definition) is 0. The molecule has 0 spiro atoms. The first-order valence-electron chi connectivity index (χ1n) is 18.3. The number of rotatable bonds is 5. The molecule has 0 heterocycles. The topological polar surface area (TPSA) is 0 Å². The fraction of sp³-hybridized carbons (Fsp3) is 0.622. The molecule has 2 aromatic rings. The minimum absolute atomic E-state index is 0. The first kappa shape index (κ1) is 43.4. The summed E-state index contributed by atoms with van der Waals surface area (Å²) < 4.78 is 4.08. The molecule has 3 heteroatoms. The van der Waals surface area contributed by atoms with Gasteiger partial charge in [0, 0.05) is 0 Å². The minimum atomic E-state index is -2.47. The minimum Gasteiger partial charge on any atom is -1.00 e. The van der Waals surface area contributed by atoms with E-state index in [9.17, 15) is 0 Å². The monoisotopic (exact) mass is 768 g/mol. The molecule has 1 unspecified atom stereocenters. The van der Waals surface area contributed by atoms with Crippen LogP contribution in [0.25, 0.3) is 11.1 Å². The van der Waals surface area contributed by atoms with Crippen molar-refractivity contribution in [1.29, 1.82) is 0 Å². The van der Waals surface area contributed by atoms with Crippen molar-refractivity contribution in [2.75, 3.05) is 0 Å². The predicted molar refractivity (Wildman–Crippen MR) is 204 cm³/mol. The smallest absolute Gasteiger partial charge is 1.00 e. The molecule has 0 fully saturated rings. The summed E-state index contributed by atoms with van der Waals surface area (Å²) in [6.45, 7) is 43.6. The molecule has 0 radical (unpaired) electrons. The second-order valence-corrected chi connectivity index (χ2v) is 27.4. The summed E-state index contributed by atoms with van der Waals surface area (Å²) in [4.78, 5) is 0. The second-order valence-electron chi connectivity index (χ2n) is 20.0. The fourth-order valence-corrected chi connectivity index (χ4v) is 16.6. The van der Waals surface area contributed by atoms with Crippen LogP contribution in [-0.4, -0.2) is 3.21 Å². The third-order valence-corrected chi connectivity index (χ3v) is 18.9. The molecule has 0 bridgehead atoms. The Labute approximate surface area is 317 Å². The van der Waals surface area contributed by atoms with Crippen molar-refractivity contribution in [3.05, 3.63) is 78.7 Å². The van der Waals surface area contributed by atoms with E-state index < -0.39 is 21.3 Å². The molecule has 1 atom stereocenters. The zero-order chi connectivity index (χ0) is 34.9. The van der Waals surface area contributed by atoms with Crippen molar-refractivity contribution in [2.24, 2.45) is 11.3 Å². The van der Waals surface area contributed by atoms with Gasteiger partial charge in [0.15, 0.2) is 0 Å². The van der Waals surface area contributed by atoms with Crippen molar-refractivity contribution in [3.63, 3.8) is 0 Å². The summed E-state index contributed by atoms with van der Waals surface area (Å²) in [6.07, 6.45) is 9.28. The maximum Gasteiger partial charge on any atom is -1.00 e. The van der Waals surface area contributed by atoms with Gasteiger partial charge in [-0.05, 0) is 0 Å². The van der Waals surface area contributed by atoms with E-state index in [1.54, 1.807) is 19.9 Å². The first-order valence-corrected chi connectivity index (χ1v) is 22.2. The third-order valence-electron chi connectivity index (χ3n) is 10.5. The van der Waals surface area contributed by atoms with E-state index in [0.717, 1.165) is 0 Å². The maximum atomic E-state index is 2.72. The van der Waals surface area contributed by atoms with Gasteiger partial charge in [-0.3, -0.25) is 0 Å². The van der Waals surface area contributed by atoms with Gasteiger partial charge in [-0.25, -0.2) is 0 Å². The Morgan fingerprint density at radius 2 is 0.958 bits per heavy atom. The summed E-state index contributed by atoms with van der Waals surface area (Å²) in [6, 6.07) is 10.7.